The van der Waals surface area contributed by atoms with Crippen LogP contribution in [-0.2, 0) is 11.2 Å². The van der Waals surface area contributed by atoms with Crippen LogP contribution in [0.2, 0.25) is 0 Å². The molecule has 0 aromatic carbocycles. The topological polar surface area (TPSA) is 73.0 Å². The lowest BCUT2D eigenvalue weighted by atomic mass is 10.1. The summed E-state index contributed by atoms with van der Waals surface area (Å²) >= 11 is 1.67. The molecular formula is C18H22N4O2S. The summed E-state index contributed by atoms with van der Waals surface area (Å²) in [5, 5.41) is 13.6. The van der Waals surface area contributed by atoms with E-state index in [4.69, 9.17) is 4.52 Å². The van der Waals surface area contributed by atoms with Gasteiger partial charge in [-0.15, -0.1) is 11.3 Å². The van der Waals surface area contributed by atoms with Crippen molar-refractivity contribution in [3.63, 3.8) is 0 Å². The Morgan fingerprint density at radius 2 is 2.16 bits per heavy atom. The minimum absolute atomic E-state index is 0.0117. The van der Waals surface area contributed by atoms with E-state index in [-0.39, 0.29) is 18.4 Å². The first kappa shape index (κ1) is 17.4. The van der Waals surface area contributed by atoms with Crippen molar-refractivity contribution in [2.24, 2.45) is 0 Å². The van der Waals surface area contributed by atoms with Gasteiger partial charge in [-0.1, -0.05) is 11.2 Å². The van der Waals surface area contributed by atoms with E-state index in [1.54, 1.807) is 11.3 Å². The van der Waals surface area contributed by atoms with Crippen molar-refractivity contribution in [3.8, 4) is 0 Å². The molecule has 3 aromatic heterocycles. The summed E-state index contributed by atoms with van der Waals surface area (Å²) < 4.78 is 7.11. The van der Waals surface area contributed by atoms with Crippen molar-refractivity contribution >= 4 is 17.2 Å². The molecule has 7 heteroatoms. The minimum atomic E-state index is -0.0440. The van der Waals surface area contributed by atoms with Crippen molar-refractivity contribution in [1.29, 1.82) is 0 Å². The largest absolute Gasteiger partial charge is 0.361 e. The molecule has 1 N–H and O–H groups in total. The fourth-order valence-electron chi connectivity index (χ4n) is 2.94. The molecule has 1 unspecified atom stereocenters. The Balaban J connectivity index is 1.73. The molecule has 0 radical (unpaired) electrons. The van der Waals surface area contributed by atoms with Gasteiger partial charge in [0.15, 0.2) is 0 Å². The zero-order chi connectivity index (χ0) is 18.0. The molecule has 0 aliphatic carbocycles. The van der Waals surface area contributed by atoms with E-state index in [9.17, 15) is 4.79 Å². The van der Waals surface area contributed by atoms with Gasteiger partial charge < -0.3 is 9.84 Å². The predicted molar refractivity (Wildman–Crippen MR) is 96.8 cm³/mol. The van der Waals surface area contributed by atoms with Crippen LogP contribution < -0.4 is 5.32 Å². The molecule has 132 valence electrons. The van der Waals surface area contributed by atoms with E-state index in [1.807, 2.05) is 49.9 Å². The summed E-state index contributed by atoms with van der Waals surface area (Å²) in [6.45, 7) is 8.18. The SMILES string of the molecule is Cc1cc(C)n(C(CNC(=O)Cc2c(C)noc2C)c2cccs2)n1. The lowest BCUT2D eigenvalue weighted by molar-refractivity contribution is -0.120. The number of hydrogen-bond acceptors (Lipinski definition) is 5. The van der Waals surface area contributed by atoms with Crippen LogP contribution in [0.25, 0.3) is 0 Å². The number of aryl methyl sites for hydroxylation is 4. The smallest absolute Gasteiger partial charge is 0.224 e. The molecule has 3 rings (SSSR count). The standard InChI is InChI=1S/C18H22N4O2S/c1-11-8-12(2)22(20-11)16(17-6-5-7-25-17)10-19-18(23)9-15-13(3)21-24-14(15)4/h5-8,16H,9-10H2,1-4H3,(H,19,23). The third kappa shape index (κ3) is 3.82. The van der Waals surface area contributed by atoms with Gasteiger partial charge in [-0.2, -0.15) is 5.10 Å². The zero-order valence-corrected chi connectivity index (χ0v) is 15.7. The van der Waals surface area contributed by atoms with Crippen LogP contribution >= 0.6 is 11.3 Å². The van der Waals surface area contributed by atoms with Crippen molar-refractivity contribution in [2.75, 3.05) is 6.54 Å². The number of carbonyl (C=O) groups excluding carboxylic acids is 1. The zero-order valence-electron chi connectivity index (χ0n) is 14.9. The van der Waals surface area contributed by atoms with Crippen LogP contribution in [0.5, 0.6) is 0 Å². The second-order valence-corrected chi connectivity index (χ2v) is 7.17. The molecule has 0 aliphatic rings. The Morgan fingerprint density at radius 1 is 1.36 bits per heavy atom. The first-order valence-electron chi connectivity index (χ1n) is 8.20. The number of hydrogen-bond donors (Lipinski definition) is 1. The van der Waals surface area contributed by atoms with E-state index in [0.717, 1.165) is 22.6 Å². The van der Waals surface area contributed by atoms with E-state index >= 15 is 0 Å². The first-order chi connectivity index (χ1) is 12.0. The van der Waals surface area contributed by atoms with Gasteiger partial charge >= 0.3 is 0 Å². The summed E-state index contributed by atoms with van der Waals surface area (Å²) in [6.07, 6.45) is 0.273. The molecule has 0 saturated carbocycles. The van der Waals surface area contributed by atoms with E-state index in [1.165, 1.54) is 4.88 Å². The highest BCUT2D eigenvalue weighted by molar-refractivity contribution is 7.10. The van der Waals surface area contributed by atoms with Gasteiger partial charge in [0.25, 0.3) is 0 Å². The number of aromatic nitrogens is 3. The van der Waals surface area contributed by atoms with Gasteiger partial charge in [-0.25, -0.2) is 0 Å². The molecule has 0 saturated heterocycles. The van der Waals surface area contributed by atoms with Crippen LogP contribution in [0, 0.1) is 27.7 Å². The fraction of sp³-hybridized carbons (Fsp3) is 0.389. The summed E-state index contributed by atoms with van der Waals surface area (Å²) in [5.74, 6) is 0.651. The molecule has 3 heterocycles. The Bertz CT molecular complexity index is 844. The third-order valence-electron chi connectivity index (χ3n) is 4.22. The van der Waals surface area contributed by atoms with Crippen LogP contribution in [0.1, 0.15) is 39.3 Å². The van der Waals surface area contributed by atoms with Crippen LogP contribution in [0.4, 0.5) is 0 Å². The Kier molecular flexibility index (Phi) is 5.03. The van der Waals surface area contributed by atoms with E-state index in [2.05, 4.69) is 21.6 Å². The van der Waals surface area contributed by atoms with Crippen molar-refractivity contribution in [3.05, 3.63) is 56.9 Å². The number of carbonyl (C=O) groups is 1. The molecule has 6 nitrogen and oxygen atoms in total. The molecule has 0 spiro atoms. The summed E-state index contributed by atoms with van der Waals surface area (Å²) in [5.41, 5.74) is 3.68. The van der Waals surface area contributed by atoms with Gasteiger partial charge in [0.05, 0.1) is 17.8 Å². The molecule has 3 aromatic rings. The van der Waals surface area contributed by atoms with E-state index < -0.39 is 0 Å². The lowest BCUT2D eigenvalue weighted by Crippen LogP contribution is -2.33. The molecular weight excluding hydrogens is 336 g/mol. The highest BCUT2D eigenvalue weighted by Gasteiger charge is 2.20. The number of nitrogens with zero attached hydrogens (tertiary/aromatic N) is 3. The highest BCUT2D eigenvalue weighted by atomic mass is 32.1. The fourth-order valence-corrected chi connectivity index (χ4v) is 3.75. The maximum atomic E-state index is 12.4. The Labute approximate surface area is 150 Å². The number of amides is 1. The number of thiophene rings is 1. The second kappa shape index (κ2) is 7.23. The average Bonchev–Trinajstić information content (AvgIpc) is 3.27. The normalized spacial score (nSPS) is 12.3. The number of nitrogens with one attached hydrogen (secondary N) is 1. The maximum absolute atomic E-state index is 12.4. The Hall–Kier alpha value is -2.41. The van der Waals surface area contributed by atoms with Gasteiger partial charge in [0, 0.05) is 22.7 Å². The third-order valence-corrected chi connectivity index (χ3v) is 5.20. The molecule has 0 fully saturated rings. The predicted octanol–water partition coefficient (Wildman–Crippen LogP) is 3.11. The van der Waals surface area contributed by atoms with Crippen molar-refractivity contribution in [2.45, 2.75) is 40.2 Å². The monoisotopic (exact) mass is 358 g/mol. The molecule has 0 aliphatic heterocycles. The van der Waals surface area contributed by atoms with Crippen LogP contribution in [0.3, 0.4) is 0 Å². The molecule has 1 amide bonds. The molecule has 25 heavy (non-hydrogen) atoms. The van der Waals surface area contributed by atoms with E-state index in [0.29, 0.717) is 12.3 Å². The first-order valence-corrected chi connectivity index (χ1v) is 9.08. The summed E-state index contributed by atoms with van der Waals surface area (Å²) in [4.78, 5) is 13.6. The highest BCUT2D eigenvalue weighted by Crippen LogP contribution is 2.24. The minimum Gasteiger partial charge on any atom is -0.361 e. The van der Waals surface area contributed by atoms with Gasteiger partial charge in [-0.3, -0.25) is 9.48 Å². The lowest BCUT2D eigenvalue weighted by Gasteiger charge is -2.19. The summed E-state index contributed by atoms with van der Waals surface area (Å²) in [6, 6.07) is 6.13. The Morgan fingerprint density at radius 3 is 2.72 bits per heavy atom. The van der Waals surface area contributed by atoms with Gasteiger partial charge in [0.1, 0.15) is 11.8 Å². The number of rotatable bonds is 6. The van der Waals surface area contributed by atoms with Crippen molar-refractivity contribution < 1.29 is 9.32 Å². The van der Waals surface area contributed by atoms with Crippen molar-refractivity contribution in [1.82, 2.24) is 20.3 Å². The molecule has 1 atom stereocenters. The average molecular weight is 358 g/mol. The summed E-state index contributed by atoms with van der Waals surface area (Å²) in [7, 11) is 0. The second-order valence-electron chi connectivity index (χ2n) is 6.19. The van der Waals surface area contributed by atoms with Crippen LogP contribution in [0.15, 0.2) is 28.1 Å². The molecule has 0 bridgehead atoms. The maximum Gasteiger partial charge on any atom is 0.224 e. The quantitative estimate of drug-likeness (QED) is 0.735. The van der Waals surface area contributed by atoms with Gasteiger partial charge in [-0.05, 0) is 45.2 Å². The van der Waals surface area contributed by atoms with Gasteiger partial charge in [0.2, 0.25) is 5.91 Å². The van der Waals surface area contributed by atoms with Crippen LogP contribution in [-0.4, -0.2) is 27.4 Å².